The molecule has 1 saturated carbocycles. The number of allylic oxidation sites excluding steroid dienone is 1. The molecule has 4 rings (SSSR count). The largest absolute Gasteiger partial charge is 0.458 e. The van der Waals surface area contributed by atoms with E-state index >= 15 is 0 Å². The molecule has 3 fully saturated rings. The normalized spacial score (nSPS) is 45.7. The van der Waals surface area contributed by atoms with Gasteiger partial charge in [0.15, 0.2) is 0 Å². The van der Waals surface area contributed by atoms with Crippen LogP contribution in [0.2, 0.25) is 0 Å². The highest BCUT2D eigenvalue weighted by Crippen LogP contribution is 2.59. The summed E-state index contributed by atoms with van der Waals surface area (Å²) >= 11 is 0. The van der Waals surface area contributed by atoms with Crippen molar-refractivity contribution in [2.24, 2.45) is 11.8 Å². The first-order valence-electron chi connectivity index (χ1n) is 9.12. The summed E-state index contributed by atoms with van der Waals surface area (Å²) in [4.78, 5) is 24.7. The van der Waals surface area contributed by atoms with Crippen LogP contribution < -0.4 is 0 Å². The molecule has 0 aromatic heterocycles. The number of rotatable bonds is 2. The Morgan fingerprint density at radius 2 is 2.15 bits per heavy atom. The molecule has 4 aliphatic rings. The average Bonchev–Trinajstić information content (AvgIpc) is 3.26. The number of aliphatic hydroxyl groups excluding tert-OH is 1. The number of hydrogen-bond donors (Lipinski definition) is 2. The summed E-state index contributed by atoms with van der Waals surface area (Å²) in [6.07, 6.45) is 0.770. The van der Waals surface area contributed by atoms with Crippen LogP contribution in [0.4, 0.5) is 0 Å². The molecule has 1 spiro atoms. The molecule has 0 amide bonds. The van der Waals surface area contributed by atoms with Gasteiger partial charge in [-0.25, -0.2) is 9.59 Å². The van der Waals surface area contributed by atoms with Crippen molar-refractivity contribution in [3.05, 3.63) is 35.5 Å². The van der Waals surface area contributed by atoms with E-state index in [0.29, 0.717) is 17.8 Å². The third kappa shape index (κ3) is 2.38. The predicted octanol–water partition coefficient (Wildman–Crippen LogP) is 0.803. The summed E-state index contributed by atoms with van der Waals surface area (Å²) in [5.74, 6) is -2.54. The van der Waals surface area contributed by atoms with Gasteiger partial charge in [0.2, 0.25) is 0 Å². The lowest BCUT2D eigenvalue weighted by Crippen LogP contribution is -2.55. The van der Waals surface area contributed by atoms with Crippen molar-refractivity contribution in [3.63, 3.8) is 0 Å². The van der Waals surface area contributed by atoms with Crippen LogP contribution >= 0.6 is 0 Å². The molecule has 0 radical (unpaired) electrons. The number of ether oxygens (including phenoxy) is 3. The van der Waals surface area contributed by atoms with E-state index in [4.69, 9.17) is 14.2 Å². The lowest BCUT2D eigenvalue weighted by atomic mass is 9.73. The minimum atomic E-state index is -1.60. The summed E-state index contributed by atoms with van der Waals surface area (Å²) < 4.78 is 16.9. The van der Waals surface area contributed by atoms with Crippen molar-refractivity contribution >= 4 is 11.9 Å². The zero-order valence-electron chi connectivity index (χ0n) is 15.6. The van der Waals surface area contributed by atoms with Gasteiger partial charge in [0, 0.05) is 17.6 Å². The molecule has 7 nitrogen and oxygen atoms in total. The van der Waals surface area contributed by atoms with E-state index in [9.17, 15) is 19.8 Å². The Labute approximate surface area is 157 Å². The highest BCUT2D eigenvalue weighted by Gasteiger charge is 2.73. The monoisotopic (exact) mass is 376 g/mol. The first-order chi connectivity index (χ1) is 12.7. The topological polar surface area (TPSA) is 106 Å². The quantitative estimate of drug-likeness (QED) is 0.318. The minimum Gasteiger partial charge on any atom is -0.458 e. The van der Waals surface area contributed by atoms with Crippen molar-refractivity contribution in [1.82, 2.24) is 0 Å². The lowest BCUT2D eigenvalue weighted by molar-refractivity contribution is -0.162. The number of aliphatic hydroxyl groups is 2. The molecule has 0 unspecified atom stereocenters. The molecule has 0 aromatic carbocycles. The molecule has 2 aliphatic heterocycles. The first kappa shape index (κ1) is 18.4. The molecule has 2 saturated heterocycles. The van der Waals surface area contributed by atoms with E-state index in [1.54, 1.807) is 32.9 Å². The van der Waals surface area contributed by atoms with Crippen LogP contribution in [0.15, 0.2) is 35.5 Å². The number of carbonyl (C=O) groups is 2. The van der Waals surface area contributed by atoms with Gasteiger partial charge in [0.25, 0.3) is 0 Å². The van der Waals surface area contributed by atoms with Gasteiger partial charge in [0.1, 0.15) is 23.4 Å². The standard InChI is InChI=1S/C20H24O7/c1-5-9(2)17(22)26-13-7-19(8-25-19)15-12(21)6-10(3)20(15,24)16-14(13)11(4)18(23)27-16/h5-6,12-16,21,24H,4,7-8H2,1-3H3/b9-5+/t12-,13+,14-,15+,16+,19-,20-/m1/s1. The van der Waals surface area contributed by atoms with Gasteiger partial charge in [-0.2, -0.15) is 0 Å². The summed E-state index contributed by atoms with van der Waals surface area (Å²) in [5, 5.41) is 22.3. The summed E-state index contributed by atoms with van der Waals surface area (Å²) in [6.45, 7) is 9.23. The van der Waals surface area contributed by atoms with Crippen molar-refractivity contribution in [3.8, 4) is 0 Å². The Kier molecular flexibility index (Phi) is 3.93. The predicted molar refractivity (Wildman–Crippen MR) is 93.3 cm³/mol. The van der Waals surface area contributed by atoms with Gasteiger partial charge in [-0.15, -0.1) is 0 Å². The molecular formula is C20H24O7. The Balaban J connectivity index is 1.80. The van der Waals surface area contributed by atoms with E-state index in [-0.39, 0.29) is 12.0 Å². The summed E-state index contributed by atoms with van der Waals surface area (Å²) in [6, 6.07) is 0. The number of carbonyl (C=O) groups excluding carboxylic acids is 2. The van der Waals surface area contributed by atoms with Crippen molar-refractivity contribution in [2.75, 3.05) is 6.61 Å². The van der Waals surface area contributed by atoms with Crippen LogP contribution in [-0.2, 0) is 23.8 Å². The van der Waals surface area contributed by atoms with Crippen LogP contribution in [0.3, 0.4) is 0 Å². The van der Waals surface area contributed by atoms with E-state index in [1.165, 1.54) is 0 Å². The maximum Gasteiger partial charge on any atom is 0.334 e. The maximum atomic E-state index is 12.4. The summed E-state index contributed by atoms with van der Waals surface area (Å²) in [7, 11) is 0. The third-order valence-electron chi connectivity index (χ3n) is 6.57. The fourth-order valence-electron chi connectivity index (χ4n) is 4.92. The van der Waals surface area contributed by atoms with Gasteiger partial charge < -0.3 is 24.4 Å². The molecule has 2 aliphatic carbocycles. The minimum absolute atomic E-state index is 0.162. The van der Waals surface area contributed by atoms with Crippen LogP contribution in [0.25, 0.3) is 0 Å². The molecule has 2 N–H and O–H groups in total. The Morgan fingerprint density at radius 3 is 2.74 bits per heavy atom. The van der Waals surface area contributed by atoms with E-state index < -0.39 is 53.3 Å². The number of epoxide rings is 1. The second kappa shape index (κ2) is 5.77. The van der Waals surface area contributed by atoms with Crippen LogP contribution in [-0.4, -0.2) is 58.3 Å². The maximum absolute atomic E-state index is 12.4. The van der Waals surface area contributed by atoms with E-state index in [2.05, 4.69) is 6.58 Å². The molecule has 0 aromatic rings. The molecule has 0 bridgehead atoms. The molecule has 146 valence electrons. The molecule has 7 heteroatoms. The Hall–Kier alpha value is -1.96. The number of fused-ring (bicyclic) bond motifs is 4. The average molecular weight is 376 g/mol. The SMILES string of the molecule is C=C1C(=O)O[C@H]2[C@H]1[C@@H](OC(=O)/C(C)=C/C)C[C@@]1(CO1)[C@@H]1[C@H](O)C=C(C)[C@]21O. The summed E-state index contributed by atoms with van der Waals surface area (Å²) in [5.41, 5.74) is -1.33. The highest BCUT2D eigenvalue weighted by molar-refractivity contribution is 5.92. The molecule has 7 atom stereocenters. The van der Waals surface area contributed by atoms with Gasteiger partial charge in [-0.1, -0.05) is 18.7 Å². The van der Waals surface area contributed by atoms with Crippen LogP contribution in [0.5, 0.6) is 0 Å². The molecule has 2 heterocycles. The van der Waals surface area contributed by atoms with Crippen LogP contribution in [0.1, 0.15) is 27.2 Å². The van der Waals surface area contributed by atoms with E-state index in [0.717, 1.165) is 0 Å². The van der Waals surface area contributed by atoms with Gasteiger partial charge in [0.05, 0.1) is 24.5 Å². The highest BCUT2D eigenvalue weighted by atomic mass is 16.6. The van der Waals surface area contributed by atoms with Gasteiger partial charge >= 0.3 is 11.9 Å². The fourth-order valence-corrected chi connectivity index (χ4v) is 4.92. The van der Waals surface area contributed by atoms with Gasteiger partial charge in [-0.05, 0) is 26.3 Å². The van der Waals surface area contributed by atoms with Crippen LogP contribution in [0, 0.1) is 11.8 Å². The number of esters is 2. The second-order valence-electron chi connectivity index (χ2n) is 7.99. The fraction of sp³-hybridized carbons (Fsp3) is 0.600. The number of hydrogen-bond acceptors (Lipinski definition) is 7. The van der Waals surface area contributed by atoms with E-state index in [1.807, 2.05) is 0 Å². The van der Waals surface area contributed by atoms with Crippen molar-refractivity contribution in [1.29, 1.82) is 0 Å². The van der Waals surface area contributed by atoms with Crippen molar-refractivity contribution in [2.45, 2.75) is 56.7 Å². The van der Waals surface area contributed by atoms with Gasteiger partial charge in [-0.3, -0.25) is 0 Å². The Morgan fingerprint density at radius 1 is 1.48 bits per heavy atom. The first-order valence-corrected chi connectivity index (χ1v) is 9.12. The van der Waals surface area contributed by atoms with Crippen molar-refractivity contribution < 1.29 is 34.0 Å². The zero-order chi connectivity index (χ0) is 19.7. The third-order valence-corrected chi connectivity index (χ3v) is 6.57. The smallest absolute Gasteiger partial charge is 0.334 e. The Bertz CT molecular complexity index is 790. The lowest BCUT2D eigenvalue weighted by Gasteiger charge is -2.39. The molecule has 27 heavy (non-hydrogen) atoms. The second-order valence-corrected chi connectivity index (χ2v) is 7.99. The molecular weight excluding hydrogens is 352 g/mol. The zero-order valence-corrected chi connectivity index (χ0v) is 15.6.